The first-order valence-electron chi connectivity index (χ1n) is 6.78. The van der Waals surface area contributed by atoms with Crippen LogP contribution in [-0.4, -0.2) is 36.5 Å². The predicted molar refractivity (Wildman–Crippen MR) is 78.2 cm³/mol. The van der Waals surface area contributed by atoms with Gasteiger partial charge in [-0.05, 0) is 41.7 Å². The molecule has 0 bridgehead atoms. The number of carboxylic acids is 1. The van der Waals surface area contributed by atoms with E-state index in [1.807, 2.05) is 0 Å². The number of carbonyl (C=O) groups is 2. The molecule has 3 unspecified atom stereocenters. The van der Waals surface area contributed by atoms with Gasteiger partial charge in [0, 0.05) is 12.0 Å². The van der Waals surface area contributed by atoms with Crippen LogP contribution in [0.1, 0.15) is 37.7 Å². The first-order chi connectivity index (χ1) is 9.61. The fourth-order valence-corrected chi connectivity index (χ4v) is 3.06. The minimum absolute atomic E-state index is 0.0919. The van der Waals surface area contributed by atoms with Gasteiger partial charge in [-0.2, -0.15) is 11.3 Å². The molecule has 0 spiro atoms. The highest BCUT2D eigenvalue weighted by Gasteiger charge is 2.31. The molecule has 1 aromatic heterocycles. The van der Waals surface area contributed by atoms with E-state index in [-0.39, 0.29) is 12.0 Å². The van der Waals surface area contributed by atoms with Crippen LogP contribution in [0.5, 0.6) is 0 Å². The lowest BCUT2D eigenvalue weighted by atomic mass is 9.79. The van der Waals surface area contributed by atoms with Crippen LogP contribution in [0, 0.1) is 0 Å². The van der Waals surface area contributed by atoms with Crippen LogP contribution in [0.3, 0.4) is 0 Å². The standard InChI is InChI=1S/C13H18BNO4S/c1-2-9-3-4-10(14-19-9)15-12(16)11(13(17)18)8-5-6-20-7-8/h5-7,9-11,14H,2-4H2,1H3,(H,15,16)(H,17,18). The largest absolute Gasteiger partial charge is 0.480 e. The number of carboxylic acid groups (broad SMARTS) is 1. The number of nitrogens with one attached hydrogen (secondary N) is 1. The van der Waals surface area contributed by atoms with Gasteiger partial charge in [0.15, 0.2) is 5.92 Å². The van der Waals surface area contributed by atoms with E-state index in [1.54, 1.807) is 16.8 Å². The SMILES string of the molecule is CCC1CCC(NC(=O)C(C(=O)O)c2ccsc2)BO1. The molecule has 1 fully saturated rings. The highest BCUT2D eigenvalue weighted by atomic mass is 32.1. The van der Waals surface area contributed by atoms with Crippen LogP contribution in [0.2, 0.25) is 0 Å². The normalized spacial score (nSPS) is 23.6. The first-order valence-corrected chi connectivity index (χ1v) is 7.73. The van der Waals surface area contributed by atoms with E-state index in [1.165, 1.54) is 11.3 Å². The highest BCUT2D eigenvalue weighted by Crippen LogP contribution is 2.21. The second-order valence-corrected chi connectivity index (χ2v) is 5.75. The molecular weight excluding hydrogens is 277 g/mol. The van der Waals surface area contributed by atoms with Crippen LogP contribution in [0.15, 0.2) is 16.8 Å². The Morgan fingerprint density at radius 1 is 1.60 bits per heavy atom. The zero-order valence-electron chi connectivity index (χ0n) is 11.4. The van der Waals surface area contributed by atoms with Crippen molar-refractivity contribution in [1.82, 2.24) is 5.32 Å². The van der Waals surface area contributed by atoms with Crippen molar-refractivity contribution in [2.45, 2.75) is 44.1 Å². The van der Waals surface area contributed by atoms with E-state index in [2.05, 4.69) is 12.2 Å². The fraction of sp³-hybridized carbons (Fsp3) is 0.538. The van der Waals surface area contributed by atoms with Crippen molar-refractivity contribution in [3.63, 3.8) is 0 Å². The van der Waals surface area contributed by atoms with Crippen LogP contribution < -0.4 is 5.32 Å². The Morgan fingerprint density at radius 3 is 2.90 bits per heavy atom. The van der Waals surface area contributed by atoms with Gasteiger partial charge in [0.05, 0.1) is 0 Å². The third-order valence-corrected chi connectivity index (χ3v) is 4.26. The Balaban J connectivity index is 1.95. The van der Waals surface area contributed by atoms with Gasteiger partial charge in [0.1, 0.15) is 0 Å². The monoisotopic (exact) mass is 295 g/mol. The third kappa shape index (κ3) is 3.61. The summed E-state index contributed by atoms with van der Waals surface area (Å²) in [6.07, 6.45) is 2.96. The fourth-order valence-electron chi connectivity index (χ4n) is 2.37. The maximum Gasteiger partial charge on any atom is 0.320 e. The van der Waals surface area contributed by atoms with Gasteiger partial charge >= 0.3 is 5.97 Å². The van der Waals surface area contributed by atoms with E-state index in [4.69, 9.17) is 4.65 Å². The van der Waals surface area contributed by atoms with Crippen molar-refractivity contribution in [2.24, 2.45) is 0 Å². The van der Waals surface area contributed by atoms with Crippen molar-refractivity contribution in [3.05, 3.63) is 22.4 Å². The summed E-state index contributed by atoms with van der Waals surface area (Å²) in [4.78, 5) is 23.5. The van der Waals surface area contributed by atoms with Gasteiger partial charge in [-0.1, -0.05) is 6.92 Å². The molecule has 2 rings (SSSR count). The van der Waals surface area contributed by atoms with Gasteiger partial charge in [-0.15, -0.1) is 0 Å². The number of rotatable bonds is 5. The average molecular weight is 295 g/mol. The van der Waals surface area contributed by atoms with Gasteiger partial charge in [0.25, 0.3) is 7.48 Å². The highest BCUT2D eigenvalue weighted by molar-refractivity contribution is 7.08. The second kappa shape index (κ2) is 6.90. The lowest BCUT2D eigenvalue weighted by Gasteiger charge is -2.28. The summed E-state index contributed by atoms with van der Waals surface area (Å²) < 4.78 is 5.61. The summed E-state index contributed by atoms with van der Waals surface area (Å²) in [6.45, 7) is 2.07. The molecule has 1 aliphatic heterocycles. The molecule has 108 valence electrons. The summed E-state index contributed by atoms with van der Waals surface area (Å²) in [6, 6.07) is 1.67. The molecule has 1 saturated heterocycles. The Kier molecular flexibility index (Phi) is 5.20. The van der Waals surface area contributed by atoms with E-state index in [9.17, 15) is 14.7 Å². The summed E-state index contributed by atoms with van der Waals surface area (Å²) in [5.41, 5.74) is 0.531. The Hall–Kier alpha value is -1.34. The summed E-state index contributed by atoms with van der Waals surface area (Å²) in [5.74, 6) is -2.81. The molecule has 2 heterocycles. The maximum absolute atomic E-state index is 12.2. The van der Waals surface area contributed by atoms with Gasteiger partial charge in [-0.25, -0.2) is 0 Å². The molecule has 0 saturated carbocycles. The molecule has 1 aliphatic rings. The van der Waals surface area contributed by atoms with E-state index >= 15 is 0 Å². The smallest absolute Gasteiger partial charge is 0.320 e. The molecule has 20 heavy (non-hydrogen) atoms. The zero-order valence-corrected chi connectivity index (χ0v) is 12.2. The van der Waals surface area contributed by atoms with Crippen molar-refractivity contribution in [1.29, 1.82) is 0 Å². The molecule has 7 heteroatoms. The quantitative estimate of drug-likeness (QED) is 0.634. The van der Waals surface area contributed by atoms with Crippen LogP contribution in [0.4, 0.5) is 0 Å². The lowest BCUT2D eigenvalue weighted by molar-refractivity contribution is -0.143. The number of amides is 1. The lowest BCUT2D eigenvalue weighted by Crippen LogP contribution is -2.47. The average Bonchev–Trinajstić information content (AvgIpc) is 2.93. The van der Waals surface area contributed by atoms with Gasteiger partial charge in [-0.3, -0.25) is 9.59 Å². The Labute approximate surface area is 122 Å². The molecule has 1 amide bonds. The first kappa shape index (κ1) is 15.1. The topological polar surface area (TPSA) is 75.6 Å². The summed E-state index contributed by atoms with van der Waals surface area (Å²) in [7, 11) is 0.459. The van der Waals surface area contributed by atoms with Crippen molar-refractivity contribution < 1.29 is 19.3 Å². The van der Waals surface area contributed by atoms with E-state index in [0.717, 1.165) is 19.3 Å². The van der Waals surface area contributed by atoms with Gasteiger partial charge < -0.3 is 15.1 Å². The molecular formula is C13H18BNO4S. The van der Waals surface area contributed by atoms with E-state index in [0.29, 0.717) is 13.0 Å². The molecule has 5 nitrogen and oxygen atoms in total. The molecule has 3 atom stereocenters. The second-order valence-electron chi connectivity index (χ2n) is 4.97. The number of aliphatic carboxylic acids is 1. The molecule has 0 aliphatic carbocycles. The van der Waals surface area contributed by atoms with Crippen molar-refractivity contribution >= 4 is 30.7 Å². The predicted octanol–water partition coefficient (Wildman–Crippen LogP) is 1.30. The van der Waals surface area contributed by atoms with E-state index < -0.39 is 17.8 Å². The number of hydrogen-bond donors (Lipinski definition) is 2. The summed E-state index contributed by atoms with van der Waals surface area (Å²) >= 11 is 1.38. The molecule has 1 aromatic rings. The summed E-state index contributed by atoms with van der Waals surface area (Å²) in [5, 5.41) is 15.5. The van der Waals surface area contributed by atoms with Crippen LogP contribution in [-0.2, 0) is 14.2 Å². The van der Waals surface area contributed by atoms with Crippen LogP contribution in [0.25, 0.3) is 0 Å². The Bertz CT molecular complexity index is 457. The maximum atomic E-state index is 12.2. The third-order valence-electron chi connectivity index (χ3n) is 3.56. The molecule has 0 aromatic carbocycles. The zero-order chi connectivity index (χ0) is 14.5. The molecule has 2 N–H and O–H groups in total. The van der Waals surface area contributed by atoms with Crippen molar-refractivity contribution in [2.75, 3.05) is 0 Å². The Morgan fingerprint density at radius 2 is 2.40 bits per heavy atom. The minimum atomic E-state index is -1.13. The van der Waals surface area contributed by atoms with Gasteiger partial charge in [0.2, 0.25) is 5.91 Å². The molecule has 0 radical (unpaired) electrons. The van der Waals surface area contributed by atoms with Crippen LogP contribution >= 0.6 is 11.3 Å². The minimum Gasteiger partial charge on any atom is -0.480 e. The van der Waals surface area contributed by atoms with Crippen molar-refractivity contribution in [3.8, 4) is 0 Å². The number of thiophene rings is 1. The number of hydrogen-bond acceptors (Lipinski definition) is 4. The number of carbonyl (C=O) groups excluding carboxylic acids is 1.